The van der Waals surface area contributed by atoms with Gasteiger partial charge in [0.1, 0.15) is 11.6 Å². The number of carbonyl (C=O) groups is 1. The molecule has 1 aromatic carbocycles. The monoisotopic (exact) mass is 258 g/mol. The zero-order chi connectivity index (χ0) is 13.4. The quantitative estimate of drug-likeness (QED) is 0.918. The summed E-state index contributed by atoms with van der Waals surface area (Å²) in [6, 6.07) is 7.98. The predicted octanol–water partition coefficient (Wildman–Crippen LogP) is 2.47. The van der Waals surface area contributed by atoms with Crippen LogP contribution in [0.2, 0.25) is 0 Å². The van der Waals surface area contributed by atoms with Gasteiger partial charge in [0, 0.05) is 17.7 Å². The summed E-state index contributed by atoms with van der Waals surface area (Å²) in [5.74, 6) is -1.25. The van der Waals surface area contributed by atoms with Gasteiger partial charge < -0.3 is 5.11 Å². The molecule has 0 radical (unpaired) electrons. The normalized spacial score (nSPS) is 21.1. The third-order valence-corrected chi connectivity index (χ3v) is 3.26. The molecule has 1 aliphatic carbocycles. The van der Waals surface area contributed by atoms with E-state index in [1.165, 1.54) is 6.07 Å². The summed E-state index contributed by atoms with van der Waals surface area (Å²) in [7, 11) is 0. The molecular weight excluding hydrogens is 247 g/mol. The fourth-order valence-electron chi connectivity index (χ4n) is 2.12. The average Bonchev–Trinajstić information content (AvgIpc) is 3.20. The van der Waals surface area contributed by atoms with Gasteiger partial charge in [-0.05, 0) is 24.6 Å². The molecule has 0 amide bonds. The SMILES string of the molecule is O=C(O)C1CC1c1nccc(-c2ccccc2F)n1. The molecule has 96 valence electrons. The molecule has 3 rings (SSSR count). The van der Waals surface area contributed by atoms with E-state index in [1.54, 1.807) is 30.5 Å². The van der Waals surface area contributed by atoms with Crippen molar-refractivity contribution in [2.24, 2.45) is 5.92 Å². The first-order valence-electron chi connectivity index (χ1n) is 5.97. The molecule has 0 spiro atoms. The van der Waals surface area contributed by atoms with Crippen molar-refractivity contribution in [3.8, 4) is 11.3 Å². The summed E-state index contributed by atoms with van der Waals surface area (Å²) in [5.41, 5.74) is 0.887. The molecule has 5 heteroatoms. The van der Waals surface area contributed by atoms with E-state index in [0.29, 0.717) is 23.5 Å². The zero-order valence-corrected chi connectivity index (χ0v) is 9.95. The van der Waals surface area contributed by atoms with Crippen molar-refractivity contribution in [1.29, 1.82) is 0 Å². The summed E-state index contributed by atoms with van der Waals surface area (Å²) in [6.45, 7) is 0. The van der Waals surface area contributed by atoms with Gasteiger partial charge in [0.25, 0.3) is 0 Å². The highest BCUT2D eigenvalue weighted by atomic mass is 19.1. The largest absolute Gasteiger partial charge is 0.481 e. The maximum absolute atomic E-state index is 13.7. The molecule has 1 aliphatic rings. The number of nitrogens with zero attached hydrogens (tertiary/aromatic N) is 2. The molecule has 1 N–H and O–H groups in total. The Morgan fingerprint density at radius 2 is 2.11 bits per heavy atom. The first kappa shape index (κ1) is 11.8. The molecule has 2 atom stereocenters. The van der Waals surface area contributed by atoms with Crippen molar-refractivity contribution >= 4 is 5.97 Å². The Morgan fingerprint density at radius 1 is 1.32 bits per heavy atom. The third kappa shape index (κ3) is 2.19. The smallest absolute Gasteiger partial charge is 0.307 e. The van der Waals surface area contributed by atoms with Crippen LogP contribution in [-0.4, -0.2) is 21.0 Å². The van der Waals surface area contributed by atoms with Gasteiger partial charge in [-0.3, -0.25) is 4.79 Å². The lowest BCUT2D eigenvalue weighted by Gasteiger charge is -2.04. The van der Waals surface area contributed by atoms with Gasteiger partial charge in [-0.2, -0.15) is 0 Å². The molecule has 1 aromatic heterocycles. The molecule has 2 unspecified atom stereocenters. The van der Waals surface area contributed by atoms with E-state index < -0.39 is 11.9 Å². The van der Waals surface area contributed by atoms with Crippen molar-refractivity contribution in [1.82, 2.24) is 9.97 Å². The van der Waals surface area contributed by atoms with Crippen LogP contribution in [0.1, 0.15) is 18.2 Å². The van der Waals surface area contributed by atoms with Crippen molar-refractivity contribution < 1.29 is 14.3 Å². The van der Waals surface area contributed by atoms with Gasteiger partial charge in [0.15, 0.2) is 0 Å². The van der Waals surface area contributed by atoms with Gasteiger partial charge in [0.05, 0.1) is 11.6 Å². The second-order valence-corrected chi connectivity index (χ2v) is 4.57. The Labute approximate surface area is 109 Å². The molecule has 1 fully saturated rings. The fourth-order valence-corrected chi connectivity index (χ4v) is 2.12. The van der Waals surface area contributed by atoms with E-state index in [9.17, 15) is 9.18 Å². The second-order valence-electron chi connectivity index (χ2n) is 4.57. The summed E-state index contributed by atoms with van der Waals surface area (Å²) in [5, 5.41) is 8.90. The molecule has 4 nitrogen and oxygen atoms in total. The van der Waals surface area contributed by atoms with Crippen LogP contribution < -0.4 is 0 Å². The van der Waals surface area contributed by atoms with Crippen molar-refractivity contribution in [2.75, 3.05) is 0 Å². The number of hydrogen-bond donors (Lipinski definition) is 1. The number of aliphatic carboxylic acids is 1. The third-order valence-electron chi connectivity index (χ3n) is 3.26. The van der Waals surface area contributed by atoms with Crippen LogP contribution in [0.4, 0.5) is 4.39 Å². The van der Waals surface area contributed by atoms with E-state index >= 15 is 0 Å². The van der Waals surface area contributed by atoms with Crippen molar-refractivity contribution in [2.45, 2.75) is 12.3 Å². The Hall–Kier alpha value is -2.30. The predicted molar refractivity (Wildman–Crippen MR) is 65.9 cm³/mol. The van der Waals surface area contributed by atoms with Gasteiger partial charge in [-0.25, -0.2) is 14.4 Å². The fraction of sp³-hybridized carbons (Fsp3) is 0.214. The minimum absolute atomic E-state index is 0.149. The van der Waals surface area contributed by atoms with Crippen LogP contribution in [0.15, 0.2) is 36.5 Å². The number of halogens is 1. The Kier molecular flexibility index (Phi) is 2.74. The molecule has 19 heavy (non-hydrogen) atoms. The van der Waals surface area contributed by atoms with Gasteiger partial charge >= 0.3 is 5.97 Å². The molecule has 0 bridgehead atoms. The highest BCUT2D eigenvalue weighted by molar-refractivity contribution is 5.75. The Morgan fingerprint density at radius 3 is 2.79 bits per heavy atom. The summed E-state index contributed by atoms with van der Waals surface area (Å²) in [4.78, 5) is 19.2. The second kappa shape index (κ2) is 4.42. The van der Waals surface area contributed by atoms with E-state index in [0.717, 1.165) is 0 Å². The minimum Gasteiger partial charge on any atom is -0.481 e. The van der Waals surface area contributed by atoms with Crippen LogP contribution in [0.25, 0.3) is 11.3 Å². The molecule has 2 aromatic rings. The van der Waals surface area contributed by atoms with E-state index in [4.69, 9.17) is 5.11 Å². The lowest BCUT2D eigenvalue weighted by molar-refractivity contribution is -0.138. The van der Waals surface area contributed by atoms with Crippen molar-refractivity contribution in [3.05, 3.63) is 48.2 Å². The molecule has 1 saturated carbocycles. The number of carboxylic acid groups (broad SMARTS) is 1. The molecule has 0 saturated heterocycles. The number of aromatic nitrogens is 2. The minimum atomic E-state index is -0.829. The van der Waals surface area contributed by atoms with E-state index in [-0.39, 0.29) is 11.7 Å². The first-order valence-corrected chi connectivity index (χ1v) is 5.97. The maximum atomic E-state index is 13.7. The molecule has 0 aliphatic heterocycles. The highest BCUT2D eigenvalue weighted by Gasteiger charge is 2.46. The van der Waals surface area contributed by atoms with Crippen LogP contribution in [-0.2, 0) is 4.79 Å². The maximum Gasteiger partial charge on any atom is 0.307 e. The van der Waals surface area contributed by atoms with Gasteiger partial charge in [0.2, 0.25) is 0 Å². The number of benzene rings is 1. The van der Waals surface area contributed by atoms with Gasteiger partial charge in [-0.15, -0.1) is 0 Å². The van der Waals surface area contributed by atoms with E-state index in [1.807, 2.05) is 0 Å². The Bertz CT molecular complexity index is 645. The Balaban J connectivity index is 1.93. The molecule has 1 heterocycles. The average molecular weight is 258 g/mol. The summed E-state index contributed by atoms with van der Waals surface area (Å²) in [6.07, 6.45) is 2.09. The lowest BCUT2D eigenvalue weighted by atomic mass is 10.1. The number of carboxylic acids is 1. The number of hydrogen-bond acceptors (Lipinski definition) is 3. The van der Waals surface area contributed by atoms with Crippen LogP contribution >= 0.6 is 0 Å². The first-order chi connectivity index (χ1) is 9.16. The van der Waals surface area contributed by atoms with Crippen LogP contribution in [0.5, 0.6) is 0 Å². The zero-order valence-electron chi connectivity index (χ0n) is 9.95. The lowest BCUT2D eigenvalue weighted by Crippen LogP contribution is -2.02. The topological polar surface area (TPSA) is 63.1 Å². The molecular formula is C14H11FN2O2. The standard InChI is InChI=1S/C14H11FN2O2/c15-11-4-2-1-3-8(11)12-5-6-16-13(17-12)9-7-10(9)14(18)19/h1-6,9-10H,7H2,(H,18,19). The van der Waals surface area contributed by atoms with E-state index in [2.05, 4.69) is 9.97 Å². The van der Waals surface area contributed by atoms with Crippen LogP contribution in [0.3, 0.4) is 0 Å². The van der Waals surface area contributed by atoms with Crippen LogP contribution in [0, 0.1) is 11.7 Å². The van der Waals surface area contributed by atoms with Crippen molar-refractivity contribution in [3.63, 3.8) is 0 Å². The van der Waals surface area contributed by atoms with Gasteiger partial charge in [-0.1, -0.05) is 12.1 Å². The summed E-state index contributed by atoms with van der Waals surface area (Å²) >= 11 is 0. The number of rotatable bonds is 3. The summed E-state index contributed by atoms with van der Waals surface area (Å²) < 4.78 is 13.7. The highest BCUT2D eigenvalue weighted by Crippen LogP contribution is 2.46.